The van der Waals surface area contributed by atoms with Crippen LogP contribution in [0, 0.1) is 17.9 Å². The third-order valence-electron chi connectivity index (χ3n) is 10.2. The first-order valence-corrected chi connectivity index (χ1v) is 17.9. The molecule has 6 rings (SSSR count). The number of aliphatic hydroxyl groups excluding tert-OH is 1. The van der Waals surface area contributed by atoms with Crippen molar-refractivity contribution in [2.45, 2.75) is 98.8 Å². The number of para-hydroxylation sites is 1. The number of fused-ring (bicyclic) bond motifs is 3. The molecule has 0 bridgehead atoms. The van der Waals surface area contributed by atoms with E-state index in [2.05, 4.69) is 101 Å². The summed E-state index contributed by atoms with van der Waals surface area (Å²) in [5.74, 6) is 1.47. The molecule has 1 aliphatic rings. The minimum absolute atomic E-state index is 0. The van der Waals surface area contributed by atoms with Crippen LogP contribution in [0.15, 0.2) is 89.2 Å². The molecule has 0 spiro atoms. The zero-order chi connectivity index (χ0) is 35.5. The maximum Gasteiger partial charge on any atom is 0.162 e. The van der Waals surface area contributed by atoms with Crippen molar-refractivity contribution in [2.24, 2.45) is 11.8 Å². The van der Waals surface area contributed by atoms with Gasteiger partial charge >= 0.3 is 0 Å². The summed E-state index contributed by atoms with van der Waals surface area (Å²) in [4.78, 5) is 16.6. The molecular weight excluding hydrogens is 795 g/mol. The second-order valence-corrected chi connectivity index (χ2v) is 14.8. The van der Waals surface area contributed by atoms with Crippen LogP contribution >= 0.6 is 0 Å². The average Bonchev–Trinajstić information content (AvgIpc) is 3.63. The van der Waals surface area contributed by atoms with Crippen molar-refractivity contribution in [1.29, 1.82) is 0 Å². The van der Waals surface area contributed by atoms with E-state index in [1.165, 1.54) is 33.7 Å². The quantitative estimate of drug-likeness (QED) is 0.0912. The van der Waals surface area contributed by atoms with Crippen molar-refractivity contribution in [3.8, 4) is 11.3 Å². The van der Waals surface area contributed by atoms with Crippen LogP contribution in [0.4, 0.5) is 0 Å². The second kappa shape index (κ2) is 16.0. The topological polar surface area (TPSA) is 63.3 Å². The van der Waals surface area contributed by atoms with Crippen LogP contribution < -0.4 is 0 Å². The molecule has 5 aromatic rings. The number of carbonyl (C=O) groups excluding carboxylic acids is 1. The number of aliphatic hydroxyl groups is 1. The van der Waals surface area contributed by atoms with Crippen LogP contribution in [0.25, 0.3) is 44.6 Å². The molecule has 0 saturated heterocycles. The Bertz CT molecular complexity index is 1980. The fraction of sp³-hybridized carbons (Fsp3) is 0.378. The standard InChI is InChI=1S/C32H28NO.C13H24O2.Ir/c1-31(2,3)25-18-23(16-20-10-6-8-12-24(20)25)30-29-22(14-15-33-30)17-26(32(29,4)5)28-19-21-11-7-9-13-27(21)34-28;1-5-10(6-2)12(14)9-13(15)11(7-3)8-4;/h6-15,17-19H,1-5H3;9-11,14H,5-8H2,1-4H3;/q-1;;/b;12-9-;. The Morgan fingerprint density at radius 2 is 1.56 bits per heavy atom. The molecule has 50 heavy (non-hydrogen) atoms. The fourth-order valence-electron chi connectivity index (χ4n) is 7.18. The normalized spacial score (nSPS) is 14.0. The third kappa shape index (κ3) is 7.90. The molecule has 0 saturated carbocycles. The van der Waals surface area contributed by atoms with Gasteiger partial charge in [-0.15, -0.1) is 29.1 Å². The minimum Gasteiger partial charge on any atom is -0.512 e. The van der Waals surface area contributed by atoms with Gasteiger partial charge in [0.1, 0.15) is 11.3 Å². The number of nitrogens with zero attached hydrogens (tertiary/aromatic N) is 1. The van der Waals surface area contributed by atoms with Crippen LogP contribution in [0.3, 0.4) is 0 Å². The number of ketones is 1. The van der Waals surface area contributed by atoms with Crippen molar-refractivity contribution in [3.63, 3.8) is 0 Å². The second-order valence-electron chi connectivity index (χ2n) is 14.8. The first-order valence-electron chi connectivity index (χ1n) is 17.9. The molecule has 2 heterocycles. The zero-order valence-corrected chi connectivity index (χ0v) is 33.5. The monoisotopic (exact) mass is 847 g/mol. The van der Waals surface area contributed by atoms with Crippen molar-refractivity contribution in [1.82, 2.24) is 4.98 Å². The Balaban J connectivity index is 0.000000301. The summed E-state index contributed by atoms with van der Waals surface area (Å²) in [6.45, 7) is 19.4. The molecule has 0 amide bonds. The molecule has 265 valence electrons. The van der Waals surface area contributed by atoms with Gasteiger partial charge in [0, 0.05) is 66.3 Å². The molecule has 1 radical (unpaired) electrons. The molecule has 4 nitrogen and oxygen atoms in total. The number of rotatable bonds is 9. The minimum atomic E-state index is -0.256. The van der Waals surface area contributed by atoms with Crippen LogP contribution in [-0.4, -0.2) is 15.9 Å². The number of aromatic nitrogens is 1. The molecular formula is C45H52IrNO3-. The van der Waals surface area contributed by atoms with Gasteiger partial charge in [-0.1, -0.05) is 110 Å². The largest absolute Gasteiger partial charge is 0.512 e. The Hall–Kier alpha value is -3.79. The molecule has 0 atom stereocenters. The Kier molecular flexibility index (Phi) is 12.5. The number of hydrogen-bond acceptors (Lipinski definition) is 4. The van der Waals surface area contributed by atoms with E-state index in [-0.39, 0.29) is 54.3 Å². The molecule has 0 unspecified atom stereocenters. The average molecular weight is 847 g/mol. The smallest absolute Gasteiger partial charge is 0.162 e. The number of allylic oxidation sites excluding steroid dienone is 3. The van der Waals surface area contributed by atoms with Gasteiger partial charge in [0.15, 0.2) is 5.78 Å². The third-order valence-corrected chi connectivity index (χ3v) is 10.2. The molecule has 0 aliphatic heterocycles. The van der Waals surface area contributed by atoms with Gasteiger partial charge in [0.2, 0.25) is 0 Å². The van der Waals surface area contributed by atoms with Crippen molar-refractivity contribution in [3.05, 3.63) is 113 Å². The van der Waals surface area contributed by atoms with E-state index in [0.29, 0.717) is 0 Å². The Morgan fingerprint density at radius 3 is 2.20 bits per heavy atom. The first-order chi connectivity index (χ1) is 23.3. The van der Waals surface area contributed by atoms with E-state index < -0.39 is 0 Å². The summed E-state index contributed by atoms with van der Waals surface area (Å²) in [5, 5.41) is 13.3. The summed E-state index contributed by atoms with van der Waals surface area (Å²) < 4.78 is 6.29. The summed E-state index contributed by atoms with van der Waals surface area (Å²) in [7, 11) is 0. The molecule has 1 N–H and O–H groups in total. The zero-order valence-electron chi connectivity index (χ0n) is 31.1. The predicted molar refractivity (Wildman–Crippen MR) is 206 cm³/mol. The summed E-state index contributed by atoms with van der Waals surface area (Å²) in [6, 6.07) is 27.0. The van der Waals surface area contributed by atoms with Gasteiger partial charge in [0.25, 0.3) is 0 Å². The van der Waals surface area contributed by atoms with Gasteiger partial charge in [0.05, 0.1) is 5.76 Å². The van der Waals surface area contributed by atoms with Gasteiger partial charge in [-0.25, -0.2) is 0 Å². The van der Waals surface area contributed by atoms with Crippen molar-refractivity contribution < 1.29 is 34.4 Å². The van der Waals surface area contributed by atoms with Crippen molar-refractivity contribution in [2.75, 3.05) is 0 Å². The maximum atomic E-state index is 11.7. The number of furan rings is 1. The molecule has 5 heteroatoms. The number of benzene rings is 3. The van der Waals surface area contributed by atoms with Gasteiger partial charge in [-0.05, 0) is 66.5 Å². The Morgan fingerprint density at radius 1 is 0.920 bits per heavy atom. The number of hydrogen-bond donors (Lipinski definition) is 1. The molecule has 1 aliphatic carbocycles. The van der Waals surface area contributed by atoms with E-state index in [9.17, 15) is 9.90 Å². The van der Waals surface area contributed by atoms with Crippen LogP contribution in [-0.2, 0) is 35.7 Å². The molecule has 2 aromatic heterocycles. The molecule has 3 aromatic carbocycles. The summed E-state index contributed by atoms with van der Waals surface area (Å²) >= 11 is 0. The predicted octanol–water partition coefficient (Wildman–Crippen LogP) is 12.4. The number of pyridine rings is 1. The fourth-order valence-corrected chi connectivity index (χ4v) is 7.18. The summed E-state index contributed by atoms with van der Waals surface area (Å²) in [5.41, 5.74) is 7.65. The van der Waals surface area contributed by atoms with Crippen LogP contribution in [0.2, 0.25) is 0 Å². The van der Waals surface area contributed by atoms with Crippen LogP contribution in [0.5, 0.6) is 0 Å². The first kappa shape index (κ1) is 39.0. The van der Waals surface area contributed by atoms with Gasteiger partial charge in [-0.3, -0.25) is 9.78 Å². The van der Waals surface area contributed by atoms with Crippen molar-refractivity contribution >= 4 is 39.2 Å². The van der Waals surface area contributed by atoms with E-state index in [1.807, 2.05) is 46.0 Å². The SMILES string of the molecule is CC(C)(C)c1cc(-c2nccc3c2C(C)(C)C(c2cc4ccccc4o2)=C3)[c-]c2ccccc12.CCC(CC)C(=O)/C=C(\O)C(CC)CC.[Ir]. The van der Waals surface area contributed by atoms with E-state index >= 15 is 0 Å². The molecule has 0 fully saturated rings. The van der Waals surface area contributed by atoms with E-state index in [4.69, 9.17) is 9.40 Å². The maximum absolute atomic E-state index is 11.7. The van der Waals surface area contributed by atoms with Gasteiger partial charge in [-0.2, -0.15) is 0 Å². The van der Waals surface area contributed by atoms with E-state index in [1.54, 1.807) is 0 Å². The number of carbonyl (C=O) groups is 1. The summed E-state index contributed by atoms with van der Waals surface area (Å²) in [6.07, 6.45) is 9.09. The van der Waals surface area contributed by atoms with E-state index in [0.717, 1.165) is 59.1 Å². The van der Waals surface area contributed by atoms with Crippen LogP contribution in [0.1, 0.15) is 110 Å². The Labute approximate surface area is 312 Å². The van der Waals surface area contributed by atoms with Gasteiger partial charge < -0.3 is 9.52 Å².